The number of rotatable bonds is 4. The minimum Gasteiger partial charge on any atom is -0.444 e. The van der Waals surface area contributed by atoms with Crippen LogP contribution in [0.2, 0.25) is 0 Å². The average Bonchev–Trinajstić information content (AvgIpc) is 2.34. The number of nitrogens with zero attached hydrogens (tertiary/aromatic N) is 1. The van der Waals surface area contributed by atoms with Gasteiger partial charge in [-0.2, -0.15) is 4.99 Å². The van der Waals surface area contributed by atoms with Gasteiger partial charge in [-0.05, 0) is 39.1 Å². The molecule has 106 valence electrons. The van der Waals surface area contributed by atoms with Gasteiger partial charge in [-0.3, -0.25) is 0 Å². The van der Waals surface area contributed by atoms with Crippen LogP contribution in [-0.4, -0.2) is 23.4 Å². The summed E-state index contributed by atoms with van der Waals surface area (Å²) in [5.74, 6) is 0. The molecule has 5 heteroatoms. The third-order valence-electron chi connectivity index (χ3n) is 2.16. The number of isothiocyanates is 1. The van der Waals surface area contributed by atoms with Crippen LogP contribution in [0.15, 0.2) is 35.3 Å². The van der Waals surface area contributed by atoms with E-state index in [1.165, 1.54) is 0 Å². The molecule has 0 saturated carbocycles. The molecule has 0 atom stereocenters. The predicted octanol–water partition coefficient (Wildman–Crippen LogP) is 3.96. The summed E-state index contributed by atoms with van der Waals surface area (Å²) in [4.78, 5) is 15.4. The number of hydrogen-bond donors (Lipinski definition) is 1. The molecule has 0 aliphatic heterocycles. The van der Waals surface area contributed by atoms with Gasteiger partial charge in [-0.25, -0.2) is 4.79 Å². The van der Waals surface area contributed by atoms with Gasteiger partial charge in [0.05, 0.1) is 10.8 Å². The zero-order chi connectivity index (χ0) is 15.0. The molecule has 0 aromatic heterocycles. The number of ether oxygens (including phenoxy) is 1. The van der Waals surface area contributed by atoms with Gasteiger partial charge < -0.3 is 10.1 Å². The minimum atomic E-state index is -0.492. The van der Waals surface area contributed by atoms with Gasteiger partial charge in [0.25, 0.3) is 0 Å². The predicted molar refractivity (Wildman–Crippen MR) is 84.4 cm³/mol. The molecule has 0 spiro atoms. The molecule has 20 heavy (non-hydrogen) atoms. The maximum Gasteiger partial charge on any atom is 0.407 e. The van der Waals surface area contributed by atoms with Gasteiger partial charge in [0.15, 0.2) is 0 Å². The highest BCUT2D eigenvalue weighted by molar-refractivity contribution is 7.78. The number of nitrogens with one attached hydrogen (secondary N) is 1. The first kappa shape index (κ1) is 16.1. The Kier molecular flexibility index (Phi) is 6.10. The van der Waals surface area contributed by atoms with Gasteiger partial charge in [0.2, 0.25) is 0 Å². The van der Waals surface area contributed by atoms with Crippen molar-refractivity contribution in [3.05, 3.63) is 35.9 Å². The largest absolute Gasteiger partial charge is 0.444 e. The normalized spacial score (nSPS) is 10.9. The summed E-state index contributed by atoms with van der Waals surface area (Å²) >= 11 is 4.60. The topological polar surface area (TPSA) is 50.7 Å². The summed E-state index contributed by atoms with van der Waals surface area (Å²) < 4.78 is 5.13. The van der Waals surface area contributed by atoms with E-state index >= 15 is 0 Å². The molecule has 0 aliphatic carbocycles. The zero-order valence-corrected chi connectivity index (χ0v) is 12.7. The number of carbonyl (C=O) groups excluding carboxylic acids is 1. The van der Waals surface area contributed by atoms with Crippen molar-refractivity contribution in [3.8, 4) is 0 Å². The Morgan fingerprint density at radius 2 is 2.15 bits per heavy atom. The van der Waals surface area contributed by atoms with E-state index in [4.69, 9.17) is 4.74 Å². The number of carbonyl (C=O) groups is 1. The zero-order valence-electron chi connectivity index (χ0n) is 11.8. The Balaban J connectivity index is 2.54. The molecule has 4 nitrogen and oxygen atoms in total. The number of benzene rings is 1. The highest BCUT2D eigenvalue weighted by atomic mass is 32.1. The number of amides is 1. The van der Waals surface area contributed by atoms with Crippen LogP contribution in [-0.2, 0) is 4.74 Å². The molecule has 1 rings (SSSR count). The number of alkyl carbamates (subject to hydrolysis) is 1. The van der Waals surface area contributed by atoms with Crippen molar-refractivity contribution >= 4 is 35.2 Å². The van der Waals surface area contributed by atoms with Crippen molar-refractivity contribution in [1.29, 1.82) is 0 Å². The van der Waals surface area contributed by atoms with Crippen LogP contribution in [0.3, 0.4) is 0 Å². The second kappa shape index (κ2) is 7.58. The monoisotopic (exact) mass is 290 g/mol. The molecular formula is C15H18N2O2S. The summed E-state index contributed by atoms with van der Waals surface area (Å²) in [5, 5.41) is 4.99. The maximum atomic E-state index is 11.4. The Hall–Kier alpha value is -1.97. The van der Waals surface area contributed by atoms with Gasteiger partial charge in [-0.15, -0.1) is 0 Å². The lowest BCUT2D eigenvalue weighted by molar-refractivity contribution is 0.0534. The van der Waals surface area contributed by atoms with Gasteiger partial charge in [0, 0.05) is 12.1 Å². The quantitative estimate of drug-likeness (QED) is 0.674. The lowest BCUT2D eigenvalue weighted by atomic mass is 10.1. The summed E-state index contributed by atoms with van der Waals surface area (Å²) in [6.45, 7) is 5.84. The van der Waals surface area contributed by atoms with Gasteiger partial charge >= 0.3 is 6.09 Å². The fourth-order valence-corrected chi connectivity index (χ4v) is 1.52. The lowest BCUT2D eigenvalue weighted by Crippen LogP contribution is -2.32. The van der Waals surface area contributed by atoms with E-state index in [9.17, 15) is 4.79 Å². The summed E-state index contributed by atoms with van der Waals surface area (Å²) in [5.41, 5.74) is 1.17. The maximum absolute atomic E-state index is 11.4. The smallest absolute Gasteiger partial charge is 0.407 e. The van der Waals surface area contributed by atoms with E-state index in [1.54, 1.807) is 0 Å². The number of para-hydroxylation sites is 1. The molecular weight excluding hydrogens is 272 g/mol. The molecule has 0 aliphatic rings. The molecule has 0 fully saturated rings. The molecule has 0 saturated heterocycles. The third kappa shape index (κ3) is 6.27. The molecule has 1 N–H and O–H groups in total. The number of hydrogen-bond acceptors (Lipinski definition) is 4. The molecule has 0 radical (unpaired) electrons. The van der Waals surface area contributed by atoms with Crippen LogP contribution in [0.4, 0.5) is 10.5 Å². The van der Waals surface area contributed by atoms with Crippen LogP contribution in [0.1, 0.15) is 26.3 Å². The van der Waals surface area contributed by atoms with Crippen LogP contribution in [0.25, 0.3) is 6.08 Å². The van der Waals surface area contributed by atoms with E-state index in [0.717, 1.165) is 11.3 Å². The van der Waals surface area contributed by atoms with Crippen LogP contribution in [0.5, 0.6) is 0 Å². The second-order valence-corrected chi connectivity index (χ2v) is 5.23. The second-order valence-electron chi connectivity index (χ2n) is 5.05. The Morgan fingerprint density at radius 1 is 1.45 bits per heavy atom. The summed E-state index contributed by atoms with van der Waals surface area (Å²) in [6, 6.07) is 7.54. The van der Waals surface area contributed by atoms with E-state index in [1.807, 2.05) is 57.2 Å². The van der Waals surface area contributed by atoms with Gasteiger partial charge in [0.1, 0.15) is 5.60 Å². The fourth-order valence-electron chi connectivity index (χ4n) is 1.42. The van der Waals surface area contributed by atoms with E-state index in [0.29, 0.717) is 6.54 Å². The van der Waals surface area contributed by atoms with E-state index < -0.39 is 11.7 Å². The van der Waals surface area contributed by atoms with Crippen molar-refractivity contribution in [1.82, 2.24) is 5.32 Å². The first-order chi connectivity index (χ1) is 9.42. The van der Waals surface area contributed by atoms with Crippen molar-refractivity contribution in [2.24, 2.45) is 4.99 Å². The van der Waals surface area contributed by atoms with Gasteiger partial charge in [-0.1, -0.05) is 30.4 Å². The van der Waals surface area contributed by atoms with Crippen LogP contribution >= 0.6 is 12.2 Å². The highest BCUT2D eigenvalue weighted by Crippen LogP contribution is 2.19. The average molecular weight is 290 g/mol. The van der Waals surface area contributed by atoms with Crippen molar-refractivity contribution in [2.45, 2.75) is 26.4 Å². The molecule has 1 aromatic carbocycles. The Bertz CT molecular complexity index is 541. The molecule has 1 aromatic rings. The summed E-state index contributed by atoms with van der Waals surface area (Å²) in [7, 11) is 0. The van der Waals surface area contributed by atoms with Crippen molar-refractivity contribution in [2.75, 3.05) is 6.54 Å². The number of thiocarbonyl (C=S) groups is 1. The van der Waals surface area contributed by atoms with Crippen molar-refractivity contribution < 1.29 is 9.53 Å². The molecule has 0 heterocycles. The number of aliphatic imine (C=N–C) groups is 1. The highest BCUT2D eigenvalue weighted by Gasteiger charge is 2.14. The van der Waals surface area contributed by atoms with E-state index in [-0.39, 0.29) is 0 Å². The Morgan fingerprint density at radius 3 is 2.80 bits per heavy atom. The first-order valence-corrected chi connectivity index (χ1v) is 6.63. The molecule has 0 bridgehead atoms. The van der Waals surface area contributed by atoms with Crippen LogP contribution < -0.4 is 5.32 Å². The standard InChI is InChI=1S/C15H18N2O2S/c1-15(2,3)19-14(18)16-10-6-8-12-7-4-5-9-13(12)17-11-20/h4-9H,10H2,1-3H3,(H,16,18). The molecule has 0 unspecified atom stereocenters. The van der Waals surface area contributed by atoms with Crippen LogP contribution in [0, 0.1) is 0 Å². The van der Waals surface area contributed by atoms with E-state index in [2.05, 4.69) is 27.7 Å². The molecule has 1 amide bonds. The lowest BCUT2D eigenvalue weighted by Gasteiger charge is -2.19. The summed E-state index contributed by atoms with van der Waals surface area (Å²) in [6.07, 6.45) is 3.25. The van der Waals surface area contributed by atoms with Crippen molar-refractivity contribution in [3.63, 3.8) is 0 Å². The Labute approximate surface area is 124 Å². The fraction of sp³-hybridized carbons (Fsp3) is 0.333. The SMILES string of the molecule is CC(C)(C)OC(=O)NCC=Cc1ccccc1N=C=S. The third-order valence-corrected chi connectivity index (χ3v) is 2.25. The first-order valence-electron chi connectivity index (χ1n) is 6.22. The minimum absolute atomic E-state index is 0.380.